The Balaban J connectivity index is 1.65. The fourth-order valence-corrected chi connectivity index (χ4v) is 6.64. The van der Waals surface area contributed by atoms with Crippen molar-refractivity contribution >= 4 is 27.8 Å². The molecule has 1 saturated carbocycles. The standard InChI is InChI=1S/C30H34N4O6S/c1-17(2)11-23-16-40-26-15-25(27-18(3)7-5-8-19(27)4)31-30(32-26)33-41(38,39)24-10-6-9-20(14-24)28(35)34(23)22-12-21(13-22)29(36)37/h5-10,14-15,17,21-23H,11-13,16H2,1-4H3,(H,36,37)(H,31,32,33)/t21?,22?,23-/m1/s1. The largest absolute Gasteiger partial charge is 0.481 e. The van der Waals surface area contributed by atoms with Crippen molar-refractivity contribution in [3.05, 3.63) is 65.2 Å². The van der Waals surface area contributed by atoms with Crippen molar-refractivity contribution in [3.8, 4) is 17.1 Å². The minimum Gasteiger partial charge on any atom is -0.481 e. The minimum absolute atomic E-state index is 0.0905. The number of carboxylic acids is 1. The Morgan fingerprint density at radius 1 is 1.10 bits per heavy atom. The molecule has 41 heavy (non-hydrogen) atoms. The van der Waals surface area contributed by atoms with Crippen LogP contribution in [0.5, 0.6) is 5.88 Å². The van der Waals surface area contributed by atoms with Crippen LogP contribution in [0.25, 0.3) is 11.3 Å². The number of aryl methyl sites for hydroxylation is 2. The third-order valence-corrected chi connectivity index (χ3v) is 9.03. The second-order valence-corrected chi connectivity index (χ2v) is 13.0. The Hall–Kier alpha value is -3.99. The zero-order valence-electron chi connectivity index (χ0n) is 23.5. The quantitative estimate of drug-likeness (QED) is 0.445. The number of carbonyl (C=O) groups is 2. The van der Waals surface area contributed by atoms with E-state index in [1.807, 2.05) is 45.9 Å². The predicted octanol–water partition coefficient (Wildman–Crippen LogP) is 4.67. The molecule has 10 nitrogen and oxygen atoms in total. The number of nitrogens with zero attached hydrogens (tertiary/aromatic N) is 3. The van der Waals surface area contributed by atoms with Crippen LogP contribution in [0.1, 0.15) is 54.6 Å². The maximum absolute atomic E-state index is 14.0. The highest BCUT2D eigenvalue weighted by atomic mass is 32.2. The van der Waals surface area contributed by atoms with Gasteiger partial charge in [0.1, 0.15) is 6.61 Å². The number of hydrogen-bond acceptors (Lipinski definition) is 7. The lowest BCUT2D eigenvalue weighted by Gasteiger charge is -2.45. The number of ether oxygens (including phenoxy) is 1. The maximum atomic E-state index is 14.0. The van der Waals surface area contributed by atoms with Crippen LogP contribution in [0.4, 0.5) is 5.95 Å². The van der Waals surface area contributed by atoms with Crippen molar-refractivity contribution in [2.45, 2.75) is 63.9 Å². The molecule has 1 atom stereocenters. The molecule has 5 rings (SSSR count). The Labute approximate surface area is 239 Å². The molecule has 0 unspecified atom stereocenters. The van der Waals surface area contributed by atoms with Crippen LogP contribution in [0.3, 0.4) is 0 Å². The van der Waals surface area contributed by atoms with Gasteiger partial charge in [0.05, 0.1) is 22.5 Å². The molecule has 2 aromatic carbocycles. The van der Waals surface area contributed by atoms with Gasteiger partial charge in [0, 0.05) is 23.2 Å². The lowest BCUT2D eigenvalue weighted by molar-refractivity contribution is -0.147. The van der Waals surface area contributed by atoms with Crippen molar-refractivity contribution in [1.82, 2.24) is 14.9 Å². The van der Waals surface area contributed by atoms with Gasteiger partial charge in [-0.1, -0.05) is 38.1 Å². The first-order valence-corrected chi connectivity index (χ1v) is 15.2. The third kappa shape index (κ3) is 5.90. The summed E-state index contributed by atoms with van der Waals surface area (Å²) in [7, 11) is -4.16. The van der Waals surface area contributed by atoms with E-state index in [1.54, 1.807) is 17.0 Å². The normalized spacial score (nSPS) is 21.9. The topological polar surface area (TPSA) is 139 Å². The number of hydrogen-bond donors (Lipinski definition) is 2. The van der Waals surface area contributed by atoms with Crippen LogP contribution in [0, 0.1) is 25.7 Å². The van der Waals surface area contributed by atoms with Crippen LogP contribution >= 0.6 is 0 Å². The summed E-state index contributed by atoms with van der Waals surface area (Å²) in [6.45, 7) is 8.09. The molecule has 0 spiro atoms. The monoisotopic (exact) mass is 578 g/mol. The van der Waals surface area contributed by atoms with Gasteiger partial charge in [-0.2, -0.15) is 4.98 Å². The number of aliphatic carboxylic acids is 1. The predicted molar refractivity (Wildman–Crippen MR) is 153 cm³/mol. The molecule has 1 aliphatic carbocycles. The number of carboxylic acid groups (broad SMARTS) is 1. The molecule has 0 radical (unpaired) electrons. The number of sulfonamides is 1. The molecule has 1 fully saturated rings. The van der Waals surface area contributed by atoms with E-state index in [9.17, 15) is 23.1 Å². The summed E-state index contributed by atoms with van der Waals surface area (Å²) in [5.41, 5.74) is 3.46. The highest BCUT2D eigenvalue weighted by Gasteiger charge is 2.43. The van der Waals surface area contributed by atoms with Crippen molar-refractivity contribution < 1.29 is 27.9 Å². The summed E-state index contributed by atoms with van der Waals surface area (Å²) in [5.74, 6) is -1.56. The molecular formula is C30H34N4O6S. The summed E-state index contributed by atoms with van der Waals surface area (Å²) >= 11 is 0. The first-order chi connectivity index (χ1) is 19.4. The summed E-state index contributed by atoms with van der Waals surface area (Å²) in [6, 6.07) is 12.6. The van der Waals surface area contributed by atoms with Crippen LogP contribution in [0.15, 0.2) is 53.4 Å². The average Bonchev–Trinajstić information content (AvgIpc) is 2.87. The molecule has 1 aliphatic heterocycles. The Bertz CT molecular complexity index is 1580. The number of benzene rings is 2. The Kier molecular flexibility index (Phi) is 7.74. The summed E-state index contributed by atoms with van der Waals surface area (Å²) in [4.78, 5) is 36.1. The van der Waals surface area contributed by atoms with Gasteiger partial charge in [-0.15, -0.1) is 0 Å². The van der Waals surface area contributed by atoms with Crippen molar-refractivity contribution in [1.29, 1.82) is 0 Å². The van der Waals surface area contributed by atoms with E-state index in [-0.39, 0.29) is 46.8 Å². The highest BCUT2D eigenvalue weighted by molar-refractivity contribution is 7.92. The second-order valence-electron chi connectivity index (χ2n) is 11.3. The summed E-state index contributed by atoms with van der Waals surface area (Å²) in [5, 5.41) is 9.50. The number of anilines is 1. The smallest absolute Gasteiger partial charge is 0.306 e. The summed E-state index contributed by atoms with van der Waals surface area (Å²) < 4.78 is 35.6. The van der Waals surface area contributed by atoms with E-state index in [0.717, 1.165) is 16.7 Å². The number of nitrogens with one attached hydrogen (secondary N) is 1. The first kappa shape index (κ1) is 28.5. The molecule has 1 amide bonds. The Morgan fingerprint density at radius 2 is 1.78 bits per heavy atom. The number of fused-ring (bicyclic) bond motifs is 4. The van der Waals surface area contributed by atoms with E-state index >= 15 is 0 Å². The summed E-state index contributed by atoms with van der Waals surface area (Å²) in [6.07, 6.45) is 1.24. The molecule has 3 aromatic rings. The molecule has 216 valence electrons. The molecule has 11 heteroatoms. The zero-order valence-corrected chi connectivity index (χ0v) is 24.3. The third-order valence-electron chi connectivity index (χ3n) is 7.71. The first-order valence-electron chi connectivity index (χ1n) is 13.7. The van der Waals surface area contributed by atoms with Crippen molar-refractivity contribution in [3.63, 3.8) is 0 Å². The van der Waals surface area contributed by atoms with Gasteiger partial charge in [0.2, 0.25) is 11.8 Å². The maximum Gasteiger partial charge on any atom is 0.306 e. The molecule has 1 aromatic heterocycles. The van der Waals surface area contributed by atoms with Gasteiger partial charge in [0.25, 0.3) is 15.9 Å². The highest BCUT2D eigenvalue weighted by Crippen LogP contribution is 2.36. The lowest BCUT2D eigenvalue weighted by Crippen LogP contribution is -2.56. The molecule has 2 heterocycles. The van der Waals surface area contributed by atoms with Crippen LogP contribution in [-0.4, -0.2) is 59.0 Å². The molecule has 4 bridgehead atoms. The lowest BCUT2D eigenvalue weighted by atomic mass is 9.78. The fourth-order valence-electron chi connectivity index (χ4n) is 5.65. The van der Waals surface area contributed by atoms with Gasteiger partial charge >= 0.3 is 5.97 Å². The van der Waals surface area contributed by atoms with Crippen LogP contribution in [0.2, 0.25) is 0 Å². The Morgan fingerprint density at radius 3 is 2.44 bits per heavy atom. The average molecular weight is 579 g/mol. The van der Waals surface area contributed by atoms with Gasteiger partial charge in [-0.3, -0.25) is 9.59 Å². The van der Waals surface area contributed by atoms with Gasteiger partial charge in [-0.25, -0.2) is 18.1 Å². The zero-order chi connectivity index (χ0) is 29.5. The van der Waals surface area contributed by atoms with E-state index in [1.165, 1.54) is 18.2 Å². The van der Waals surface area contributed by atoms with Crippen LogP contribution in [-0.2, 0) is 14.8 Å². The van der Waals surface area contributed by atoms with E-state index in [2.05, 4.69) is 14.7 Å². The fraction of sp³-hybridized carbons (Fsp3) is 0.400. The molecular weight excluding hydrogens is 544 g/mol. The van der Waals surface area contributed by atoms with E-state index in [0.29, 0.717) is 25.0 Å². The van der Waals surface area contributed by atoms with Gasteiger partial charge < -0.3 is 14.7 Å². The SMILES string of the molecule is Cc1cccc(C)c1-c1cc2nc(n1)NS(=O)(=O)c1cccc(c1)C(=O)N(C1CC(C(=O)O)C1)[C@H](CC(C)C)CO2. The van der Waals surface area contributed by atoms with Gasteiger partial charge in [-0.05, 0) is 68.4 Å². The molecule has 2 N–H and O–H groups in total. The number of aromatic nitrogens is 2. The second kappa shape index (κ2) is 11.1. The number of amides is 1. The molecule has 0 saturated heterocycles. The number of rotatable bonds is 5. The molecule has 2 aliphatic rings. The minimum atomic E-state index is -4.16. The van der Waals surface area contributed by atoms with E-state index < -0.39 is 28.0 Å². The van der Waals surface area contributed by atoms with Crippen LogP contribution < -0.4 is 9.46 Å². The van der Waals surface area contributed by atoms with Gasteiger partial charge in [0.15, 0.2) is 0 Å². The number of carbonyl (C=O) groups excluding carboxylic acids is 1. The van der Waals surface area contributed by atoms with Crippen molar-refractivity contribution in [2.24, 2.45) is 11.8 Å². The van der Waals surface area contributed by atoms with E-state index in [4.69, 9.17) is 4.74 Å². The van der Waals surface area contributed by atoms with Crippen molar-refractivity contribution in [2.75, 3.05) is 11.3 Å².